The summed E-state index contributed by atoms with van der Waals surface area (Å²) in [5, 5.41) is 0. The maximum absolute atomic E-state index is 12.8. The van der Waals surface area contributed by atoms with Crippen LogP contribution < -0.4 is 5.73 Å². The van der Waals surface area contributed by atoms with Crippen LogP contribution in [-0.4, -0.2) is 48.4 Å². The highest BCUT2D eigenvalue weighted by atomic mass is 35.5. The van der Waals surface area contributed by atoms with Crippen LogP contribution in [0.1, 0.15) is 48.5 Å². The molecule has 1 unspecified atom stereocenters. The van der Waals surface area contributed by atoms with Crippen molar-refractivity contribution in [3.05, 3.63) is 35.4 Å². The Morgan fingerprint density at radius 2 is 1.80 bits per heavy atom. The summed E-state index contributed by atoms with van der Waals surface area (Å²) in [7, 11) is 0. The van der Waals surface area contributed by atoms with E-state index < -0.39 is 0 Å². The highest BCUT2D eigenvalue weighted by molar-refractivity contribution is 5.94. The smallest absolute Gasteiger partial charge is 0.253 e. The van der Waals surface area contributed by atoms with E-state index in [2.05, 4.69) is 16.7 Å². The van der Waals surface area contributed by atoms with E-state index in [4.69, 9.17) is 5.73 Å². The molecule has 0 aromatic heterocycles. The van der Waals surface area contributed by atoms with Crippen LogP contribution in [0.15, 0.2) is 24.3 Å². The number of carbonyl (C=O) groups excluding carboxylic acids is 1. The Morgan fingerprint density at radius 1 is 1.12 bits per heavy atom. The van der Waals surface area contributed by atoms with E-state index in [0.29, 0.717) is 12.5 Å². The van der Waals surface area contributed by atoms with Crippen LogP contribution in [0.5, 0.6) is 0 Å². The standard InChI is InChI=1S/C20H31N3O.ClH/c1-16-8-11-22(12-9-16)14-18-3-2-10-23(15-18)20(24)19-6-4-17(13-21)5-7-19;/h4-7,16,18H,2-3,8-15,21H2,1H3;1H. The average molecular weight is 366 g/mol. The zero-order chi connectivity index (χ0) is 16.9. The van der Waals surface area contributed by atoms with Gasteiger partial charge in [0.05, 0.1) is 0 Å². The van der Waals surface area contributed by atoms with Crippen LogP contribution in [0.3, 0.4) is 0 Å². The molecule has 2 aliphatic heterocycles. The van der Waals surface area contributed by atoms with E-state index in [0.717, 1.165) is 43.1 Å². The molecule has 0 aliphatic carbocycles. The molecule has 1 aromatic rings. The van der Waals surface area contributed by atoms with Crippen molar-refractivity contribution in [2.24, 2.45) is 17.6 Å². The lowest BCUT2D eigenvalue weighted by atomic mass is 9.94. The molecule has 0 saturated carbocycles. The number of piperidine rings is 2. The second-order valence-corrected chi connectivity index (χ2v) is 7.64. The summed E-state index contributed by atoms with van der Waals surface area (Å²) in [6.45, 7) is 8.29. The van der Waals surface area contributed by atoms with E-state index in [9.17, 15) is 4.79 Å². The molecular formula is C20H32ClN3O. The summed E-state index contributed by atoms with van der Waals surface area (Å²) in [5.41, 5.74) is 7.50. The summed E-state index contributed by atoms with van der Waals surface area (Å²) in [5.74, 6) is 1.68. The lowest BCUT2D eigenvalue weighted by Gasteiger charge is -2.38. The molecule has 3 rings (SSSR count). The number of nitrogens with zero attached hydrogens (tertiary/aromatic N) is 2. The first-order chi connectivity index (χ1) is 11.7. The van der Waals surface area contributed by atoms with Crippen molar-refractivity contribution in [3.63, 3.8) is 0 Å². The summed E-state index contributed by atoms with van der Waals surface area (Å²) < 4.78 is 0. The molecule has 2 heterocycles. The van der Waals surface area contributed by atoms with Crippen LogP contribution in [0.4, 0.5) is 0 Å². The van der Waals surface area contributed by atoms with Gasteiger partial charge in [0.25, 0.3) is 5.91 Å². The van der Waals surface area contributed by atoms with E-state index in [1.54, 1.807) is 0 Å². The van der Waals surface area contributed by atoms with Crippen molar-refractivity contribution >= 4 is 18.3 Å². The quantitative estimate of drug-likeness (QED) is 0.891. The first kappa shape index (κ1) is 20.2. The predicted octanol–water partition coefficient (Wildman–Crippen LogP) is 3.15. The summed E-state index contributed by atoms with van der Waals surface area (Å²) in [4.78, 5) is 17.4. The SMILES string of the molecule is CC1CCN(CC2CCCN(C(=O)c3ccc(CN)cc3)C2)CC1.Cl. The lowest BCUT2D eigenvalue weighted by Crippen LogP contribution is -2.45. The summed E-state index contributed by atoms with van der Waals surface area (Å²) >= 11 is 0. The molecule has 1 amide bonds. The predicted molar refractivity (Wildman–Crippen MR) is 105 cm³/mol. The number of halogens is 1. The van der Waals surface area contributed by atoms with Crippen LogP contribution in [0, 0.1) is 11.8 Å². The highest BCUT2D eigenvalue weighted by Gasteiger charge is 2.27. The van der Waals surface area contributed by atoms with Gasteiger partial charge in [0.15, 0.2) is 0 Å². The van der Waals surface area contributed by atoms with Crippen molar-refractivity contribution in [3.8, 4) is 0 Å². The third kappa shape index (κ3) is 5.44. The number of amides is 1. The third-order valence-electron chi connectivity index (χ3n) is 5.64. The molecule has 2 N–H and O–H groups in total. The zero-order valence-corrected chi connectivity index (χ0v) is 16.1. The van der Waals surface area contributed by atoms with Crippen LogP contribution >= 0.6 is 12.4 Å². The molecule has 140 valence electrons. The molecule has 0 spiro atoms. The lowest BCUT2D eigenvalue weighted by molar-refractivity contribution is 0.0622. The molecule has 25 heavy (non-hydrogen) atoms. The third-order valence-corrected chi connectivity index (χ3v) is 5.64. The van der Waals surface area contributed by atoms with Gasteiger partial charge in [0.1, 0.15) is 0 Å². The molecule has 4 nitrogen and oxygen atoms in total. The second kappa shape index (κ2) is 9.56. The number of rotatable bonds is 4. The molecule has 2 fully saturated rings. The Kier molecular flexibility index (Phi) is 7.73. The Hall–Kier alpha value is -1.10. The summed E-state index contributed by atoms with van der Waals surface area (Å²) in [6, 6.07) is 7.76. The van der Waals surface area contributed by atoms with Crippen molar-refractivity contribution < 1.29 is 4.79 Å². The molecule has 1 aromatic carbocycles. The zero-order valence-electron chi connectivity index (χ0n) is 15.3. The fourth-order valence-electron chi connectivity index (χ4n) is 3.97. The van der Waals surface area contributed by atoms with Crippen molar-refractivity contribution in [2.75, 3.05) is 32.7 Å². The molecule has 0 radical (unpaired) electrons. The number of likely N-dealkylation sites (tertiary alicyclic amines) is 2. The normalized spacial score (nSPS) is 22.5. The first-order valence-corrected chi connectivity index (χ1v) is 9.46. The second-order valence-electron chi connectivity index (χ2n) is 7.64. The maximum Gasteiger partial charge on any atom is 0.253 e. The van der Waals surface area contributed by atoms with Gasteiger partial charge in [-0.1, -0.05) is 19.1 Å². The van der Waals surface area contributed by atoms with Gasteiger partial charge in [-0.2, -0.15) is 0 Å². The van der Waals surface area contributed by atoms with Gasteiger partial charge < -0.3 is 15.5 Å². The number of nitrogens with two attached hydrogens (primary N) is 1. The maximum atomic E-state index is 12.8. The van der Waals surface area contributed by atoms with E-state index >= 15 is 0 Å². The first-order valence-electron chi connectivity index (χ1n) is 9.46. The highest BCUT2D eigenvalue weighted by Crippen LogP contribution is 2.23. The average Bonchev–Trinajstić information content (AvgIpc) is 2.63. The number of hydrogen-bond acceptors (Lipinski definition) is 3. The van der Waals surface area contributed by atoms with Crippen LogP contribution in [0.25, 0.3) is 0 Å². The minimum Gasteiger partial charge on any atom is -0.338 e. The Morgan fingerprint density at radius 3 is 2.44 bits per heavy atom. The molecule has 1 atom stereocenters. The monoisotopic (exact) mass is 365 g/mol. The Bertz CT molecular complexity index is 540. The topological polar surface area (TPSA) is 49.6 Å². The van der Waals surface area contributed by atoms with Gasteiger partial charge in [-0.15, -0.1) is 12.4 Å². The van der Waals surface area contributed by atoms with E-state index in [1.807, 2.05) is 24.3 Å². The summed E-state index contributed by atoms with van der Waals surface area (Å²) in [6.07, 6.45) is 5.02. The van der Waals surface area contributed by atoms with Gasteiger partial charge in [-0.25, -0.2) is 0 Å². The largest absolute Gasteiger partial charge is 0.338 e. The van der Waals surface area contributed by atoms with Gasteiger partial charge in [-0.3, -0.25) is 4.79 Å². The molecule has 0 bridgehead atoms. The fraction of sp³-hybridized carbons (Fsp3) is 0.650. The van der Waals surface area contributed by atoms with Crippen molar-refractivity contribution in [2.45, 2.75) is 39.2 Å². The Labute approximate surface area is 158 Å². The molecule has 5 heteroatoms. The van der Waals surface area contributed by atoms with E-state index in [-0.39, 0.29) is 18.3 Å². The van der Waals surface area contributed by atoms with Gasteiger partial charge in [0.2, 0.25) is 0 Å². The molecule has 2 saturated heterocycles. The molecule has 2 aliphatic rings. The number of benzene rings is 1. The Balaban J connectivity index is 0.00000225. The minimum atomic E-state index is 0. The van der Waals surface area contributed by atoms with Crippen LogP contribution in [0.2, 0.25) is 0 Å². The van der Waals surface area contributed by atoms with E-state index in [1.165, 1.54) is 32.4 Å². The number of carbonyl (C=O) groups is 1. The van der Waals surface area contributed by atoms with Crippen LogP contribution in [-0.2, 0) is 6.54 Å². The van der Waals surface area contributed by atoms with Gasteiger partial charge in [-0.05, 0) is 68.3 Å². The van der Waals surface area contributed by atoms with Crippen molar-refractivity contribution in [1.29, 1.82) is 0 Å². The van der Waals surface area contributed by atoms with Gasteiger partial charge >= 0.3 is 0 Å². The minimum absolute atomic E-state index is 0. The van der Waals surface area contributed by atoms with Gasteiger partial charge in [0, 0.05) is 31.7 Å². The molecular weight excluding hydrogens is 334 g/mol. The fourth-order valence-corrected chi connectivity index (χ4v) is 3.97. The van der Waals surface area contributed by atoms with Crippen molar-refractivity contribution in [1.82, 2.24) is 9.80 Å². The number of hydrogen-bond donors (Lipinski definition) is 1.